The molecular weight excluding hydrogens is 420 g/mol. The SMILES string of the molecule is COc1cc2c(cc1OC)C=C(C)N(C(=O)N(C)c1ccc(-c3ccc(O)nc3)cc1)N=C2. The Kier molecular flexibility index (Phi) is 5.99. The maximum Gasteiger partial charge on any atom is 0.349 e. The van der Waals surface area contributed by atoms with Crippen LogP contribution >= 0.6 is 0 Å². The molecule has 0 fully saturated rings. The van der Waals surface area contributed by atoms with Crippen LogP contribution in [0, 0.1) is 0 Å². The highest BCUT2D eigenvalue weighted by Crippen LogP contribution is 2.33. The molecule has 4 rings (SSSR count). The van der Waals surface area contributed by atoms with Gasteiger partial charge in [-0.3, -0.25) is 4.90 Å². The molecule has 0 radical (unpaired) electrons. The number of anilines is 1. The maximum atomic E-state index is 13.3. The third kappa shape index (κ3) is 4.36. The van der Waals surface area contributed by atoms with Gasteiger partial charge >= 0.3 is 6.03 Å². The molecule has 2 amide bonds. The third-order valence-corrected chi connectivity index (χ3v) is 5.40. The standard InChI is InChI=1S/C25H24N4O4/c1-16-11-19-12-22(32-3)23(33-4)13-20(19)15-27-29(16)25(31)28(2)21-8-5-17(6-9-21)18-7-10-24(30)26-14-18/h5-15H,1-4H3,(H,26,30). The van der Waals surface area contributed by atoms with Crippen LogP contribution in [0.15, 0.2) is 65.5 Å². The van der Waals surface area contributed by atoms with Gasteiger partial charge in [-0.1, -0.05) is 12.1 Å². The zero-order chi connectivity index (χ0) is 23.5. The van der Waals surface area contributed by atoms with Crippen molar-refractivity contribution >= 4 is 24.0 Å². The van der Waals surface area contributed by atoms with Crippen molar-refractivity contribution in [2.24, 2.45) is 5.10 Å². The molecule has 0 unspecified atom stereocenters. The lowest BCUT2D eigenvalue weighted by Gasteiger charge is -2.24. The fraction of sp³-hybridized carbons (Fsp3) is 0.160. The molecule has 2 heterocycles. The van der Waals surface area contributed by atoms with Gasteiger partial charge in [-0.25, -0.2) is 9.78 Å². The van der Waals surface area contributed by atoms with E-state index in [0.29, 0.717) is 22.9 Å². The highest BCUT2D eigenvalue weighted by molar-refractivity contribution is 5.96. The molecule has 2 aromatic carbocycles. The van der Waals surface area contributed by atoms with E-state index < -0.39 is 0 Å². The van der Waals surface area contributed by atoms with Crippen LogP contribution in [0.5, 0.6) is 17.4 Å². The van der Waals surface area contributed by atoms with Crippen LogP contribution in [0.25, 0.3) is 17.2 Å². The summed E-state index contributed by atoms with van der Waals surface area (Å²) in [4.78, 5) is 18.7. The summed E-state index contributed by atoms with van der Waals surface area (Å²) in [6.45, 7) is 1.83. The average Bonchev–Trinajstić information content (AvgIpc) is 3.00. The number of benzene rings is 2. The molecule has 0 bridgehead atoms. The van der Waals surface area contributed by atoms with Crippen LogP contribution < -0.4 is 14.4 Å². The Balaban J connectivity index is 1.57. The number of ether oxygens (including phenoxy) is 2. The second kappa shape index (κ2) is 9.04. The summed E-state index contributed by atoms with van der Waals surface area (Å²) in [7, 11) is 4.86. The molecule has 0 saturated heterocycles. The van der Waals surface area contributed by atoms with Crippen molar-refractivity contribution in [3.05, 3.63) is 71.6 Å². The highest BCUT2D eigenvalue weighted by atomic mass is 16.5. The molecule has 0 spiro atoms. The number of methoxy groups -OCH3 is 2. The predicted molar refractivity (Wildman–Crippen MR) is 128 cm³/mol. The number of hydrazone groups is 1. The Hall–Kier alpha value is -4.33. The number of hydrogen-bond donors (Lipinski definition) is 1. The van der Waals surface area contributed by atoms with Gasteiger partial charge in [-0.05, 0) is 54.5 Å². The number of hydrogen-bond acceptors (Lipinski definition) is 6. The molecule has 168 valence electrons. The predicted octanol–water partition coefficient (Wildman–Crippen LogP) is 4.74. The lowest BCUT2D eigenvalue weighted by molar-refractivity contribution is 0.221. The Morgan fingerprint density at radius 1 is 0.970 bits per heavy atom. The zero-order valence-electron chi connectivity index (χ0n) is 18.8. The number of aromatic nitrogens is 1. The van der Waals surface area contributed by atoms with Crippen molar-refractivity contribution in [2.75, 3.05) is 26.2 Å². The van der Waals surface area contributed by atoms with E-state index in [1.807, 2.05) is 49.4 Å². The van der Waals surface area contributed by atoms with Gasteiger partial charge in [0.2, 0.25) is 5.88 Å². The molecule has 0 atom stereocenters. The number of pyridine rings is 1. The monoisotopic (exact) mass is 444 g/mol. The van der Waals surface area contributed by atoms with Crippen molar-refractivity contribution < 1.29 is 19.4 Å². The van der Waals surface area contributed by atoms with Crippen LogP contribution in [0.1, 0.15) is 18.1 Å². The Labute approximate surface area is 192 Å². The number of allylic oxidation sites excluding steroid dienone is 1. The number of nitrogens with zero attached hydrogens (tertiary/aromatic N) is 4. The first kappa shape index (κ1) is 21.9. The van der Waals surface area contributed by atoms with Crippen LogP contribution in [0.3, 0.4) is 0 Å². The normalized spacial score (nSPS) is 12.5. The summed E-state index contributed by atoms with van der Waals surface area (Å²) in [5.74, 6) is 1.17. The minimum absolute atomic E-state index is 0.0267. The van der Waals surface area contributed by atoms with Gasteiger partial charge < -0.3 is 14.6 Å². The second-order valence-electron chi connectivity index (χ2n) is 7.47. The summed E-state index contributed by atoms with van der Waals surface area (Å²) in [6, 6.07) is 14.2. The molecule has 0 aliphatic carbocycles. The molecular formula is C25H24N4O4. The minimum Gasteiger partial charge on any atom is -0.493 e. The summed E-state index contributed by atoms with van der Waals surface area (Å²) in [6.07, 6.45) is 5.12. The van der Waals surface area contributed by atoms with E-state index in [0.717, 1.165) is 22.3 Å². The Bertz CT molecular complexity index is 1230. The number of rotatable bonds is 4. The molecule has 1 aliphatic rings. The van der Waals surface area contributed by atoms with Gasteiger partial charge in [-0.2, -0.15) is 10.1 Å². The van der Waals surface area contributed by atoms with Gasteiger partial charge in [0.25, 0.3) is 0 Å². The number of carbonyl (C=O) groups is 1. The largest absolute Gasteiger partial charge is 0.493 e. The number of fused-ring (bicyclic) bond motifs is 1. The average molecular weight is 444 g/mol. The van der Waals surface area contributed by atoms with Crippen LogP contribution in [0.4, 0.5) is 10.5 Å². The Morgan fingerprint density at radius 2 is 1.61 bits per heavy atom. The minimum atomic E-state index is -0.300. The first-order chi connectivity index (χ1) is 15.9. The van der Waals surface area contributed by atoms with E-state index in [1.54, 1.807) is 39.7 Å². The van der Waals surface area contributed by atoms with Crippen LogP contribution in [-0.2, 0) is 0 Å². The van der Waals surface area contributed by atoms with Crippen LogP contribution in [-0.4, -0.2) is 48.6 Å². The molecule has 33 heavy (non-hydrogen) atoms. The van der Waals surface area contributed by atoms with Crippen molar-refractivity contribution in [3.63, 3.8) is 0 Å². The number of carbonyl (C=O) groups excluding carboxylic acids is 1. The van der Waals surface area contributed by atoms with E-state index in [4.69, 9.17) is 9.47 Å². The van der Waals surface area contributed by atoms with Gasteiger partial charge in [0.15, 0.2) is 11.5 Å². The molecule has 1 N–H and O–H groups in total. The molecule has 0 saturated carbocycles. The first-order valence-electron chi connectivity index (χ1n) is 10.2. The van der Waals surface area contributed by atoms with E-state index in [9.17, 15) is 9.90 Å². The Morgan fingerprint density at radius 3 is 2.21 bits per heavy atom. The third-order valence-electron chi connectivity index (χ3n) is 5.40. The van der Waals surface area contributed by atoms with E-state index in [1.165, 1.54) is 16.0 Å². The summed E-state index contributed by atoms with van der Waals surface area (Å²) < 4.78 is 10.8. The zero-order valence-corrected chi connectivity index (χ0v) is 18.8. The fourth-order valence-corrected chi connectivity index (χ4v) is 3.53. The summed E-state index contributed by atoms with van der Waals surface area (Å²) in [5.41, 5.74) is 4.86. The van der Waals surface area contributed by atoms with Crippen molar-refractivity contribution in [1.29, 1.82) is 0 Å². The molecule has 8 nitrogen and oxygen atoms in total. The first-order valence-corrected chi connectivity index (χ1v) is 10.2. The smallest absolute Gasteiger partial charge is 0.349 e. The second-order valence-corrected chi connectivity index (χ2v) is 7.47. The highest BCUT2D eigenvalue weighted by Gasteiger charge is 2.23. The summed E-state index contributed by atoms with van der Waals surface area (Å²) >= 11 is 0. The lowest BCUT2D eigenvalue weighted by Crippen LogP contribution is -2.37. The van der Waals surface area contributed by atoms with E-state index >= 15 is 0 Å². The van der Waals surface area contributed by atoms with Crippen molar-refractivity contribution in [2.45, 2.75) is 6.92 Å². The van der Waals surface area contributed by atoms with E-state index in [-0.39, 0.29) is 11.9 Å². The van der Waals surface area contributed by atoms with Gasteiger partial charge in [0.1, 0.15) is 0 Å². The fourth-order valence-electron chi connectivity index (χ4n) is 3.53. The number of amides is 2. The maximum absolute atomic E-state index is 13.3. The van der Waals surface area contributed by atoms with Crippen molar-refractivity contribution in [3.8, 4) is 28.5 Å². The number of urea groups is 1. The lowest BCUT2D eigenvalue weighted by atomic mass is 10.1. The quantitative estimate of drug-likeness (QED) is 0.628. The van der Waals surface area contributed by atoms with Crippen LogP contribution in [0.2, 0.25) is 0 Å². The molecule has 8 heteroatoms. The van der Waals surface area contributed by atoms with Crippen molar-refractivity contribution in [1.82, 2.24) is 9.99 Å². The number of aromatic hydroxyl groups is 1. The summed E-state index contributed by atoms with van der Waals surface area (Å²) in [5, 5.41) is 15.1. The van der Waals surface area contributed by atoms with Gasteiger partial charge in [-0.15, -0.1) is 0 Å². The topological polar surface area (TPSA) is 87.5 Å². The van der Waals surface area contributed by atoms with Gasteiger partial charge in [0.05, 0.1) is 20.4 Å². The molecule has 1 aromatic heterocycles. The van der Waals surface area contributed by atoms with E-state index in [2.05, 4.69) is 10.1 Å². The van der Waals surface area contributed by atoms with Gasteiger partial charge in [0, 0.05) is 41.8 Å². The molecule has 1 aliphatic heterocycles. The molecule has 3 aromatic rings.